The first-order valence-corrected chi connectivity index (χ1v) is 6.00. The molecule has 17 heavy (non-hydrogen) atoms. The Morgan fingerprint density at radius 2 is 2.12 bits per heavy atom. The highest BCUT2D eigenvalue weighted by atomic mass is 19.1. The number of nitrogens with zero attached hydrogens (tertiary/aromatic N) is 1. The highest BCUT2D eigenvalue weighted by molar-refractivity contribution is 5.95. The van der Waals surface area contributed by atoms with Crippen molar-refractivity contribution >= 4 is 16.6 Å². The quantitative estimate of drug-likeness (QED) is 0.813. The molecular weight excluding hydrogens is 215 g/mol. The number of hydrogen-bond acceptors (Lipinski definition) is 2. The van der Waals surface area contributed by atoms with Crippen molar-refractivity contribution in [2.75, 3.05) is 12.4 Å². The minimum atomic E-state index is -0.189. The fraction of sp³-hybridized carbons (Fsp3) is 0.357. The summed E-state index contributed by atoms with van der Waals surface area (Å²) in [5.41, 5.74) is 5.34. The van der Waals surface area contributed by atoms with Crippen LogP contribution in [-0.4, -0.2) is 12.0 Å². The molecule has 0 radical (unpaired) electrons. The van der Waals surface area contributed by atoms with Crippen LogP contribution in [0.15, 0.2) is 12.1 Å². The van der Waals surface area contributed by atoms with Gasteiger partial charge in [-0.3, -0.25) is 4.98 Å². The van der Waals surface area contributed by atoms with E-state index in [1.165, 1.54) is 11.3 Å². The Hall–Kier alpha value is -1.64. The van der Waals surface area contributed by atoms with Crippen molar-refractivity contribution in [3.05, 3.63) is 34.8 Å². The zero-order valence-electron chi connectivity index (χ0n) is 10.1. The van der Waals surface area contributed by atoms with Crippen LogP contribution in [0.3, 0.4) is 0 Å². The van der Waals surface area contributed by atoms with E-state index in [1.54, 1.807) is 12.1 Å². The molecule has 0 saturated carbocycles. The van der Waals surface area contributed by atoms with Crippen molar-refractivity contribution in [2.45, 2.75) is 26.2 Å². The normalized spacial score (nSPS) is 14.1. The lowest BCUT2D eigenvalue weighted by atomic mass is 10.0. The molecule has 1 aliphatic rings. The summed E-state index contributed by atoms with van der Waals surface area (Å²) in [7, 11) is 1.90. The third-order valence-corrected chi connectivity index (χ3v) is 3.52. The zero-order chi connectivity index (χ0) is 12.0. The largest absolute Gasteiger partial charge is 0.387 e. The van der Waals surface area contributed by atoms with Crippen LogP contribution >= 0.6 is 0 Å². The van der Waals surface area contributed by atoms with Crippen molar-refractivity contribution < 1.29 is 4.39 Å². The topological polar surface area (TPSA) is 24.9 Å². The summed E-state index contributed by atoms with van der Waals surface area (Å²) in [5, 5.41) is 4.13. The molecule has 1 aliphatic carbocycles. The summed E-state index contributed by atoms with van der Waals surface area (Å²) >= 11 is 0. The Labute approximate surface area is 99.9 Å². The fourth-order valence-corrected chi connectivity index (χ4v) is 2.78. The molecule has 88 valence electrons. The van der Waals surface area contributed by atoms with Gasteiger partial charge in [-0.2, -0.15) is 0 Å². The molecule has 0 fully saturated rings. The van der Waals surface area contributed by atoms with Crippen molar-refractivity contribution in [3.63, 3.8) is 0 Å². The van der Waals surface area contributed by atoms with E-state index < -0.39 is 0 Å². The highest BCUT2D eigenvalue weighted by Crippen LogP contribution is 2.35. The maximum absolute atomic E-state index is 13.5. The summed E-state index contributed by atoms with van der Waals surface area (Å²) < 4.78 is 13.5. The summed E-state index contributed by atoms with van der Waals surface area (Å²) in [6, 6.07) is 3.13. The van der Waals surface area contributed by atoms with Gasteiger partial charge < -0.3 is 5.32 Å². The van der Waals surface area contributed by atoms with E-state index in [0.29, 0.717) is 0 Å². The number of fused-ring (bicyclic) bond motifs is 2. The number of halogens is 1. The molecule has 0 aliphatic heterocycles. The molecule has 1 aromatic heterocycles. The predicted molar refractivity (Wildman–Crippen MR) is 68.0 cm³/mol. The van der Waals surface area contributed by atoms with Crippen molar-refractivity contribution in [1.82, 2.24) is 4.98 Å². The second kappa shape index (κ2) is 3.69. The molecule has 0 saturated heterocycles. The van der Waals surface area contributed by atoms with Gasteiger partial charge in [0.2, 0.25) is 0 Å². The van der Waals surface area contributed by atoms with E-state index in [-0.39, 0.29) is 5.82 Å². The third-order valence-electron chi connectivity index (χ3n) is 3.52. The molecule has 3 rings (SSSR count). The van der Waals surface area contributed by atoms with Crippen molar-refractivity contribution in [2.24, 2.45) is 0 Å². The molecule has 3 heteroatoms. The number of aromatic nitrogens is 1. The Bertz CT molecular complexity index is 605. The van der Waals surface area contributed by atoms with Gasteiger partial charge in [-0.1, -0.05) is 0 Å². The van der Waals surface area contributed by atoms with Gasteiger partial charge >= 0.3 is 0 Å². The van der Waals surface area contributed by atoms with Crippen molar-refractivity contribution in [3.8, 4) is 0 Å². The average molecular weight is 230 g/mol. The van der Waals surface area contributed by atoms with Gasteiger partial charge in [-0.05, 0) is 49.4 Å². The molecule has 0 bridgehead atoms. The first-order valence-electron chi connectivity index (χ1n) is 6.00. The predicted octanol–water partition coefficient (Wildman–Crippen LogP) is 3.21. The third kappa shape index (κ3) is 1.49. The number of pyridine rings is 1. The van der Waals surface area contributed by atoms with E-state index >= 15 is 0 Å². The van der Waals surface area contributed by atoms with Gasteiger partial charge in [-0.15, -0.1) is 0 Å². The first kappa shape index (κ1) is 10.5. The van der Waals surface area contributed by atoms with Crippen LogP contribution in [0, 0.1) is 12.7 Å². The van der Waals surface area contributed by atoms with Gasteiger partial charge in [0, 0.05) is 23.8 Å². The molecule has 0 unspecified atom stereocenters. The monoisotopic (exact) mass is 230 g/mol. The van der Waals surface area contributed by atoms with E-state index in [1.807, 2.05) is 14.0 Å². The fourth-order valence-electron chi connectivity index (χ4n) is 2.78. The summed E-state index contributed by atoms with van der Waals surface area (Å²) in [4.78, 5) is 4.70. The van der Waals surface area contributed by atoms with Crippen LogP contribution in [0.1, 0.15) is 23.2 Å². The smallest absolute Gasteiger partial charge is 0.124 e. The lowest BCUT2D eigenvalue weighted by molar-refractivity contribution is 0.628. The Morgan fingerprint density at radius 1 is 1.29 bits per heavy atom. The molecule has 1 aromatic carbocycles. The van der Waals surface area contributed by atoms with E-state index in [0.717, 1.165) is 41.4 Å². The summed E-state index contributed by atoms with van der Waals surface area (Å²) in [6.45, 7) is 1.92. The minimum Gasteiger partial charge on any atom is -0.387 e. The summed E-state index contributed by atoms with van der Waals surface area (Å²) in [5.74, 6) is -0.189. The number of anilines is 1. The second-order valence-electron chi connectivity index (χ2n) is 4.63. The lowest BCUT2D eigenvalue weighted by Gasteiger charge is -2.13. The van der Waals surface area contributed by atoms with Crippen LogP contribution < -0.4 is 5.32 Å². The molecule has 2 aromatic rings. The Morgan fingerprint density at radius 3 is 2.88 bits per heavy atom. The Kier molecular flexibility index (Phi) is 2.28. The molecule has 0 atom stereocenters. The van der Waals surface area contributed by atoms with Gasteiger partial charge in [0.15, 0.2) is 0 Å². The number of rotatable bonds is 1. The van der Waals surface area contributed by atoms with E-state index in [9.17, 15) is 4.39 Å². The number of nitrogens with one attached hydrogen (secondary N) is 1. The number of benzene rings is 1. The molecule has 0 spiro atoms. The summed E-state index contributed by atoms with van der Waals surface area (Å²) in [6.07, 6.45) is 3.23. The highest BCUT2D eigenvalue weighted by Gasteiger charge is 2.19. The number of aryl methyl sites for hydroxylation is 2. The van der Waals surface area contributed by atoms with Gasteiger partial charge in [-0.25, -0.2) is 4.39 Å². The van der Waals surface area contributed by atoms with Crippen LogP contribution in [0.4, 0.5) is 10.1 Å². The van der Waals surface area contributed by atoms with Gasteiger partial charge in [0.1, 0.15) is 5.82 Å². The maximum atomic E-state index is 13.5. The average Bonchev–Trinajstić information content (AvgIpc) is 2.74. The molecule has 0 amide bonds. The van der Waals surface area contributed by atoms with Crippen molar-refractivity contribution in [1.29, 1.82) is 0 Å². The minimum absolute atomic E-state index is 0.189. The first-order chi connectivity index (χ1) is 8.20. The standard InChI is InChI=1S/C14H15FN2/c1-8-6-9(15)7-11-13(8)17-12-5-3-4-10(12)14(11)16-2/h6-7H,3-5H2,1-2H3,(H,16,17). The van der Waals surface area contributed by atoms with Crippen LogP contribution in [-0.2, 0) is 12.8 Å². The second-order valence-corrected chi connectivity index (χ2v) is 4.63. The maximum Gasteiger partial charge on any atom is 0.124 e. The lowest BCUT2D eigenvalue weighted by Crippen LogP contribution is -2.00. The van der Waals surface area contributed by atoms with Crippen LogP contribution in [0.25, 0.3) is 10.9 Å². The molecular formula is C14H15FN2. The van der Waals surface area contributed by atoms with Crippen LogP contribution in [0.2, 0.25) is 0 Å². The number of hydrogen-bond donors (Lipinski definition) is 1. The van der Waals surface area contributed by atoms with Gasteiger partial charge in [0.25, 0.3) is 0 Å². The van der Waals surface area contributed by atoms with E-state index in [2.05, 4.69) is 5.32 Å². The zero-order valence-corrected chi connectivity index (χ0v) is 10.1. The molecule has 1 heterocycles. The SMILES string of the molecule is CNc1c2c(nc3c(C)cc(F)cc13)CCC2. The van der Waals surface area contributed by atoms with Crippen LogP contribution in [0.5, 0.6) is 0 Å². The Balaban J connectivity index is 2.45. The molecule has 1 N–H and O–H groups in total. The van der Waals surface area contributed by atoms with Gasteiger partial charge in [0.05, 0.1) is 5.52 Å². The molecule has 2 nitrogen and oxygen atoms in total. The van der Waals surface area contributed by atoms with E-state index in [4.69, 9.17) is 4.98 Å².